The summed E-state index contributed by atoms with van der Waals surface area (Å²) in [4.78, 5) is 10.5. The van der Waals surface area contributed by atoms with Gasteiger partial charge in [0.15, 0.2) is 0 Å². The van der Waals surface area contributed by atoms with Crippen LogP contribution in [-0.2, 0) is 0 Å². The molecule has 6 rings (SSSR count). The highest BCUT2D eigenvalue weighted by Gasteiger charge is 2.15. The van der Waals surface area contributed by atoms with Crippen molar-refractivity contribution in [2.24, 2.45) is 0 Å². The second-order valence-corrected chi connectivity index (χ2v) is 11.7. The van der Waals surface area contributed by atoms with E-state index in [1.165, 1.54) is 44.5 Å². The first-order chi connectivity index (χ1) is 20.2. The van der Waals surface area contributed by atoms with Crippen LogP contribution in [0.2, 0.25) is 0 Å². The summed E-state index contributed by atoms with van der Waals surface area (Å²) in [6.45, 7) is 12.9. The molecule has 6 aromatic rings. The molecule has 0 aliphatic carbocycles. The number of pyridine rings is 2. The van der Waals surface area contributed by atoms with Gasteiger partial charge in [0, 0.05) is 11.1 Å². The second-order valence-electron chi connectivity index (χ2n) is 11.7. The molecule has 0 aliphatic heterocycles. The van der Waals surface area contributed by atoms with Gasteiger partial charge in [-0.05, 0) is 112 Å². The number of aryl methyl sites for hydroxylation is 6. The van der Waals surface area contributed by atoms with Gasteiger partial charge >= 0.3 is 0 Å². The average Bonchev–Trinajstić information content (AvgIpc) is 2.96. The van der Waals surface area contributed by atoms with Crippen molar-refractivity contribution in [1.82, 2.24) is 9.97 Å². The summed E-state index contributed by atoms with van der Waals surface area (Å²) in [5.41, 5.74) is 17.9. The van der Waals surface area contributed by atoms with Crippen molar-refractivity contribution in [3.05, 3.63) is 143 Å². The Kier molecular flexibility index (Phi) is 7.31. The van der Waals surface area contributed by atoms with Gasteiger partial charge in [-0.1, -0.05) is 94.0 Å². The van der Waals surface area contributed by atoms with Gasteiger partial charge in [-0.25, -0.2) is 9.97 Å². The van der Waals surface area contributed by atoms with Gasteiger partial charge in [-0.15, -0.1) is 0 Å². The number of benzene rings is 4. The fraction of sp³-hybridized carbons (Fsp3) is 0.150. The molecule has 0 saturated carbocycles. The average molecular weight is 545 g/mol. The van der Waals surface area contributed by atoms with E-state index in [0.29, 0.717) is 0 Å². The first kappa shape index (κ1) is 27.4. The van der Waals surface area contributed by atoms with Crippen LogP contribution in [0, 0.1) is 41.5 Å². The predicted octanol–water partition coefficient (Wildman–Crippen LogP) is 10.7. The zero-order valence-electron chi connectivity index (χ0n) is 25.3. The van der Waals surface area contributed by atoms with Crippen molar-refractivity contribution in [1.29, 1.82) is 0 Å². The van der Waals surface area contributed by atoms with Crippen molar-refractivity contribution < 1.29 is 0 Å². The van der Waals surface area contributed by atoms with Crippen molar-refractivity contribution in [3.8, 4) is 56.2 Å². The van der Waals surface area contributed by atoms with Crippen molar-refractivity contribution in [2.75, 3.05) is 0 Å². The Morgan fingerprint density at radius 3 is 0.976 bits per heavy atom. The SMILES string of the molecule is Cc1cccc(-c2cc(-c3cc(C)cc(C)c3)nc(-c3cc(-c4cccc(C)c4)cc(-c4cc(C)cc(C)c4)n3)c2)c1. The third-order valence-electron chi connectivity index (χ3n) is 7.65. The molecule has 0 atom stereocenters. The van der Waals surface area contributed by atoms with Crippen molar-refractivity contribution in [2.45, 2.75) is 41.5 Å². The van der Waals surface area contributed by atoms with E-state index >= 15 is 0 Å². The summed E-state index contributed by atoms with van der Waals surface area (Å²) in [7, 11) is 0. The molecule has 2 aromatic heterocycles. The van der Waals surface area contributed by atoms with E-state index in [1.807, 2.05) is 0 Å². The lowest BCUT2D eigenvalue weighted by atomic mass is 9.96. The van der Waals surface area contributed by atoms with E-state index in [9.17, 15) is 0 Å². The lowest BCUT2D eigenvalue weighted by molar-refractivity contribution is 1.24. The van der Waals surface area contributed by atoms with Crippen LogP contribution in [0.5, 0.6) is 0 Å². The van der Waals surface area contributed by atoms with Crippen LogP contribution in [0.4, 0.5) is 0 Å². The van der Waals surface area contributed by atoms with Gasteiger partial charge in [-0.2, -0.15) is 0 Å². The van der Waals surface area contributed by atoms with Gasteiger partial charge in [-0.3, -0.25) is 0 Å². The molecule has 0 unspecified atom stereocenters. The van der Waals surface area contributed by atoms with E-state index < -0.39 is 0 Å². The summed E-state index contributed by atoms with van der Waals surface area (Å²) in [5, 5.41) is 0. The molecular weight excluding hydrogens is 508 g/mol. The number of nitrogens with zero attached hydrogens (tertiary/aromatic N) is 2. The fourth-order valence-corrected chi connectivity index (χ4v) is 5.85. The Labute approximate surface area is 249 Å². The van der Waals surface area contributed by atoms with E-state index in [0.717, 1.165) is 45.0 Å². The largest absolute Gasteiger partial charge is 0.246 e. The molecular formula is C40H36N2. The number of aromatic nitrogens is 2. The molecule has 0 saturated heterocycles. The zero-order chi connectivity index (χ0) is 29.4. The number of hydrogen-bond donors (Lipinski definition) is 0. The molecule has 206 valence electrons. The van der Waals surface area contributed by atoms with Crippen LogP contribution in [-0.4, -0.2) is 9.97 Å². The highest BCUT2D eigenvalue weighted by Crippen LogP contribution is 2.35. The van der Waals surface area contributed by atoms with Gasteiger partial charge < -0.3 is 0 Å². The molecule has 2 heterocycles. The predicted molar refractivity (Wildman–Crippen MR) is 178 cm³/mol. The van der Waals surface area contributed by atoms with Crippen LogP contribution in [0.1, 0.15) is 33.4 Å². The molecule has 2 nitrogen and oxygen atoms in total. The maximum Gasteiger partial charge on any atom is 0.0900 e. The molecule has 0 radical (unpaired) electrons. The summed E-state index contributed by atoms with van der Waals surface area (Å²) in [5.74, 6) is 0. The van der Waals surface area contributed by atoms with Crippen molar-refractivity contribution in [3.63, 3.8) is 0 Å². The maximum atomic E-state index is 5.26. The smallest absolute Gasteiger partial charge is 0.0900 e. The van der Waals surface area contributed by atoms with Gasteiger partial charge in [0.05, 0.1) is 22.8 Å². The third kappa shape index (κ3) is 5.94. The van der Waals surface area contributed by atoms with Crippen molar-refractivity contribution >= 4 is 0 Å². The summed E-state index contributed by atoms with van der Waals surface area (Å²) < 4.78 is 0. The Morgan fingerprint density at radius 1 is 0.286 bits per heavy atom. The van der Waals surface area contributed by atoms with Crippen LogP contribution in [0.25, 0.3) is 56.2 Å². The monoisotopic (exact) mass is 544 g/mol. The second kappa shape index (κ2) is 11.2. The Bertz CT molecular complexity index is 1760. The first-order valence-electron chi connectivity index (χ1n) is 14.6. The molecule has 0 aliphatic rings. The standard InChI is InChI=1S/C40H36N2/c1-25-9-7-11-31(15-25)33-21-37(35-17-27(3)13-28(4)18-35)41-39(23-33)40-24-34(32-12-8-10-26(2)16-32)22-38(42-40)36-19-29(5)14-30(6)20-36/h7-24H,1-6H3. The molecule has 0 spiro atoms. The highest BCUT2D eigenvalue weighted by molar-refractivity contribution is 5.80. The molecule has 0 bridgehead atoms. The quantitative estimate of drug-likeness (QED) is 0.216. The maximum absolute atomic E-state index is 5.26. The normalized spacial score (nSPS) is 11.1. The Morgan fingerprint density at radius 2 is 0.619 bits per heavy atom. The minimum atomic E-state index is 0.864. The van der Waals surface area contributed by atoms with E-state index in [1.54, 1.807) is 0 Å². The minimum absolute atomic E-state index is 0.864. The lowest BCUT2D eigenvalue weighted by Crippen LogP contribution is -1.97. The third-order valence-corrected chi connectivity index (χ3v) is 7.65. The van der Waals surface area contributed by atoms with E-state index in [4.69, 9.17) is 9.97 Å². The zero-order valence-corrected chi connectivity index (χ0v) is 25.3. The fourth-order valence-electron chi connectivity index (χ4n) is 5.85. The van der Waals surface area contributed by atoms with Gasteiger partial charge in [0.2, 0.25) is 0 Å². The molecule has 4 aromatic carbocycles. The highest BCUT2D eigenvalue weighted by atomic mass is 14.8. The van der Waals surface area contributed by atoms with Crippen LogP contribution in [0.15, 0.2) is 109 Å². The molecule has 42 heavy (non-hydrogen) atoms. The van der Waals surface area contributed by atoms with Crippen LogP contribution >= 0.6 is 0 Å². The number of rotatable bonds is 5. The molecule has 0 N–H and O–H groups in total. The van der Waals surface area contributed by atoms with E-state index in [-0.39, 0.29) is 0 Å². The molecule has 0 fully saturated rings. The van der Waals surface area contributed by atoms with Crippen LogP contribution < -0.4 is 0 Å². The van der Waals surface area contributed by atoms with Gasteiger partial charge in [0.25, 0.3) is 0 Å². The molecule has 2 heteroatoms. The Balaban J connectivity index is 1.62. The first-order valence-corrected chi connectivity index (χ1v) is 14.6. The minimum Gasteiger partial charge on any atom is -0.246 e. The summed E-state index contributed by atoms with van der Waals surface area (Å²) in [6, 6.07) is 39.4. The van der Waals surface area contributed by atoms with Gasteiger partial charge in [0.1, 0.15) is 0 Å². The van der Waals surface area contributed by atoms with E-state index in [2.05, 4.69) is 151 Å². The number of hydrogen-bond acceptors (Lipinski definition) is 2. The summed E-state index contributed by atoms with van der Waals surface area (Å²) in [6.07, 6.45) is 0. The van der Waals surface area contributed by atoms with Crippen LogP contribution in [0.3, 0.4) is 0 Å². The summed E-state index contributed by atoms with van der Waals surface area (Å²) >= 11 is 0. The lowest BCUT2D eigenvalue weighted by Gasteiger charge is -2.14. The topological polar surface area (TPSA) is 25.8 Å². The molecule has 0 amide bonds. The Hall–Kier alpha value is -4.82.